The number of pyridine rings is 1. The summed E-state index contributed by atoms with van der Waals surface area (Å²) >= 11 is 0. The second-order valence-corrected chi connectivity index (χ2v) is 3.53. The van der Waals surface area contributed by atoms with Crippen molar-refractivity contribution in [3.05, 3.63) is 48.2 Å². The molecule has 0 bridgehead atoms. The molecule has 1 aromatic heterocycles. The van der Waals surface area contributed by atoms with Gasteiger partial charge in [0.25, 0.3) is 0 Å². The smallest absolute Gasteiger partial charge is 0.132 e. The predicted molar refractivity (Wildman–Crippen MR) is 66.2 cm³/mol. The van der Waals surface area contributed by atoms with Crippen LogP contribution < -0.4 is 10.1 Å². The van der Waals surface area contributed by atoms with Crippen molar-refractivity contribution in [3.63, 3.8) is 0 Å². The molecule has 0 saturated carbocycles. The quantitative estimate of drug-likeness (QED) is 0.846. The van der Waals surface area contributed by atoms with Crippen LogP contribution in [0.3, 0.4) is 0 Å². The predicted octanol–water partition coefficient (Wildman–Crippen LogP) is 2.41. The number of hydrogen-bond donors (Lipinski definition) is 2. The molecule has 0 atom stereocenters. The van der Waals surface area contributed by atoms with Gasteiger partial charge in [-0.15, -0.1) is 0 Å². The molecule has 0 aliphatic rings. The van der Waals surface area contributed by atoms with Gasteiger partial charge >= 0.3 is 0 Å². The van der Waals surface area contributed by atoms with Crippen molar-refractivity contribution in [1.82, 2.24) is 4.98 Å². The second kappa shape index (κ2) is 5.32. The van der Waals surface area contributed by atoms with Crippen LogP contribution in [0.4, 0.5) is 5.82 Å². The lowest BCUT2D eigenvalue weighted by Crippen LogP contribution is -1.93. The molecule has 17 heavy (non-hydrogen) atoms. The van der Waals surface area contributed by atoms with Crippen LogP contribution in [0.5, 0.6) is 11.5 Å². The average molecular weight is 230 g/mol. The summed E-state index contributed by atoms with van der Waals surface area (Å²) in [5.74, 6) is 2.16. The van der Waals surface area contributed by atoms with Crippen LogP contribution in [0, 0.1) is 0 Å². The highest BCUT2D eigenvalue weighted by atomic mass is 16.5. The highest BCUT2D eigenvalue weighted by molar-refractivity contribution is 5.42. The van der Waals surface area contributed by atoms with E-state index in [1.54, 1.807) is 25.4 Å². The standard InChI is InChI=1S/C13H14N2O2/c1-14-13-8-12(5-6-15-13)17-11-4-2-3-10(7-11)9-16/h2-8,16H,9H2,1H3,(H,14,15). The zero-order valence-corrected chi connectivity index (χ0v) is 9.55. The fraction of sp³-hybridized carbons (Fsp3) is 0.154. The van der Waals surface area contributed by atoms with Gasteiger partial charge < -0.3 is 15.2 Å². The van der Waals surface area contributed by atoms with E-state index < -0.39 is 0 Å². The molecule has 0 amide bonds. The molecule has 4 nitrogen and oxygen atoms in total. The van der Waals surface area contributed by atoms with Gasteiger partial charge in [-0.2, -0.15) is 0 Å². The number of aromatic nitrogens is 1. The number of ether oxygens (including phenoxy) is 1. The summed E-state index contributed by atoms with van der Waals surface area (Å²) in [5, 5.41) is 12.0. The van der Waals surface area contributed by atoms with E-state index in [4.69, 9.17) is 9.84 Å². The summed E-state index contributed by atoms with van der Waals surface area (Å²) in [6, 6.07) is 10.9. The number of rotatable bonds is 4. The summed E-state index contributed by atoms with van der Waals surface area (Å²) in [4.78, 5) is 4.10. The van der Waals surface area contributed by atoms with Crippen molar-refractivity contribution < 1.29 is 9.84 Å². The molecule has 0 aliphatic heterocycles. The molecule has 0 saturated heterocycles. The van der Waals surface area contributed by atoms with E-state index in [1.165, 1.54) is 0 Å². The molecular formula is C13H14N2O2. The van der Waals surface area contributed by atoms with Gasteiger partial charge in [0.15, 0.2) is 0 Å². The van der Waals surface area contributed by atoms with Gasteiger partial charge in [0.2, 0.25) is 0 Å². The van der Waals surface area contributed by atoms with E-state index in [0.717, 1.165) is 11.4 Å². The highest BCUT2D eigenvalue weighted by Gasteiger charge is 2.00. The summed E-state index contributed by atoms with van der Waals surface area (Å²) < 4.78 is 5.67. The number of nitrogens with zero attached hydrogens (tertiary/aromatic N) is 1. The molecule has 1 heterocycles. The Kier molecular flexibility index (Phi) is 3.57. The molecule has 0 unspecified atom stereocenters. The first-order chi connectivity index (χ1) is 8.31. The maximum absolute atomic E-state index is 9.03. The molecule has 0 aliphatic carbocycles. The van der Waals surface area contributed by atoms with Crippen LogP contribution in [-0.2, 0) is 6.61 Å². The lowest BCUT2D eigenvalue weighted by molar-refractivity contribution is 0.281. The minimum Gasteiger partial charge on any atom is -0.457 e. The Morgan fingerprint density at radius 3 is 2.82 bits per heavy atom. The number of nitrogens with one attached hydrogen (secondary N) is 1. The minimum absolute atomic E-state index is 0.00924. The number of aliphatic hydroxyl groups excluding tert-OH is 1. The third-order valence-corrected chi connectivity index (χ3v) is 2.30. The van der Waals surface area contributed by atoms with Crippen LogP contribution in [0.15, 0.2) is 42.6 Å². The van der Waals surface area contributed by atoms with E-state index >= 15 is 0 Å². The summed E-state index contributed by atoms with van der Waals surface area (Å²) in [5.41, 5.74) is 0.824. The Morgan fingerprint density at radius 1 is 1.24 bits per heavy atom. The van der Waals surface area contributed by atoms with Crippen molar-refractivity contribution in [3.8, 4) is 11.5 Å². The molecular weight excluding hydrogens is 216 g/mol. The summed E-state index contributed by atoms with van der Waals surface area (Å²) in [7, 11) is 1.80. The van der Waals surface area contributed by atoms with Crippen LogP contribution in [0.25, 0.3) is 0 Å². The maximum Gasteiger partial charge on any atom is 0.132 e. The van der Waals surface area contributed by atoms with Crippen molar-refractivity contribution in [2.24, 2.45) is 0 Å². The number of hydrogen-bond acceptors (Lipinski definition) is 4. The lowest BCUT2D eigenvalue weighted by atomic mass is 10.2. The van der Waals surface area contributed by atoms with Gasteiger partial charge in [-0.25, -0.2) is 4.98 Å². The third-order valence-electron chi connectivity index (χ3n) is 2.30. The minimum atomic E-state index is 0.00924. The van der Waals surface area contributed by atoms with Crippen molar-refractivity contribution in [1.29, 1.82) is 0 Å². The molecule has 2 aromatic rings. The van der Waals surface area contributed by atoms with E-state index in [1.807, 2.05) is 24.3 Å². The molecule has 0 radical (unpaired) electrons. The lowest BCUT2D eigenvalue weighted by Gasteiger charge is -2.07. The van der Waals surface area contributed by atoms with Crippen LogP contribution in [0.2, 0.25) is 0 Å². The van der Waals surface area contributed by atoms with E-state index in [2.05, 4.69) is 10.3 Å². The SMILES string of the molecule is CNc1cc(Oc2cccc(CO)c2)ccn1. The first-order valence-electron chi connectivity index (χ1n) is 5.33. The molecule has 0 fully saturated rings. The van der Waals surface area contributed by atoms with Gasteiger partial charge in [0, 0.05) is 19.3 Å². The normalized spacial score (nSPS) is 10.0. The third kappa shape index (κ3) is 2.95. The fourth-order valence-electron chi connectivity index (χ4n) is 1.45. The molecule has 1 aromatic carbocycles. The zero-order chi connectivity index (χ0) is 12.1. The molecule has 2 N–H and O–H groups in total. The van der Waals surface area contributed by atoms with Gasteiger partial charge in [0.05, 0.1) is 6.61 Å². The van der Waals surface area contributed by atoms with Crippen molar-refractivity contribution in [2.75, 3.05) is 12.4 Å². The Balaban J connectivity index is 2.18. The van der Waals surface area contributed by atoms with Crippen LogP contribution in [-0.4, -0.2) is 17.1 Å². The maximum atomic E-state index is 9.03. The topological polar surface area (TPSA) is 54.4 Å². The van der Waals surface area contributed by atoms with E-state index in [0.29, 0.717) is 11.5 Å². The first-order valence-corrected chi connectivity index (χ1v) is 5.33. The van der Waals surface area contributed by atoms with Gasteiger partial charge in [-0.1, -0.05) is 12.1 Å². The Labute approximate surface area is 99.9 Å². The second-order valence-electron chi connectivity index (χ2n) is 3.53. The summed E-state index contributed by atoms with van der Waals surface area (Å²) in [6.07, 6.45) is 1.68. The average Bonchev–Trinajstić information content (AvgIpc) is 2.39. The molecule has 4 heteroatoms. The van der Waals surface area contributed by atoms with Crippen molar-refractivity contribution >= 4 is 5.82 Å². The van der Waals surface area contributed by atoms with E-state index in [-0.39, 0.29) is 6.61 Å². The number of anilines is 1. The molecule has 0 spiro atoms. The van der Waals surface area contributed by atoms with Crippen molar-refractivity contribution in [2.45, 2.75) is 6.61 Å². The monoisotopic (exact) mass is 230 g/mol. The molecule has 2 rings (SSSR count). The van der Waals surface area contributed by atoms with Gasteiger partial charge in [-0.3, -0.25) is 0 Å². The fourth-order valence-corrected chi connectivity index (χ4v) is 1.45. The highest BCUT2D eigenvalue weighted by Crippen LogP contribution is 2.23. The van der Waals surface area contributed by atoms with Gasteiger partial charge in [0.1, 0.15) is 17.3 Å². The molecule has 88 valence electrons. The first kappa shape index (κ1) is 11.4. The van der Waals surface area contributed by atoms with Crippen LogP contribution >= 0.6 is 0 Å². The summed E-state index contributed by atoms with van der Waals surface area (Å²) in [6.45, 7) is 0.00924. The van der Waals surface area contributed by atoms with Crippen LogP contribution in [0.1, 0.15) is 5.56 Å². The number of aliphatic hydroxyl groups is 1. The zero-order valence-electron chi connectivity index (χ0n) is 9.55. The Bertz CT molecular complexity index is 455. The Morgan fingerprint density at radius 2 is 2.06 bits per heavy atom. The largest absolute Gasteiger partial charge is 0.457 e. The van der Waals surface area contributed by atoms with Gasteiger partial charge in [-0.05, 0) is 23.8 Å². The van der Waals surface area contributed by atoms with E-state index in [9.17, 15) is 0 Å². The number of benzene rings is 1. The Hall–Kier alpha value is -2.07.